The summed E-state index contributed by atoms with van der Waals surface area (Å²) in [5.41, 5.74) is 0. The van der Waals surface area contributed by atoms with Crippen molar-refractivity contribution in [3.05, 3.63) is 0 Å². The maximum atomic E-state index is 9.97. The van der Waals surface area contributed by atoms with Crippen molar-refractivity contribution in [2.24, 2.45) is 5.92 Å². The third kappa shape index (κ3) is 7.02. The molecule has 0 aromatic rings. The average Bonchev–Trinajstić information content (AvgIpc) is 2.01. The fourth-order valence-corrected chi connectivity index (χ4v) is 2.99. The summed E-state index contributed by atoms with van der Waals surface area (Å²) in [5, 5.41) is 0. The number of hydrogen-bond donors (Lipinski definition) is 1. The summed E-state index contributed by atoms with van der Waals surface area (Å²) in [6, 6.07) is 0. The molecule has 1 unspecified atom stereocenters. The largest absolute Gasteiger partial charge is 0.677 e. The van der Waals surface area contributed by atoms with E-state index in [2.05, 4.69) is 13.8 Å². The highest BCUT2D eigenvalue weighted by molar-refractivity contribution is 6.51. The van der Waals surface area contributed by atoms with Gasteiger partial charge in [0.05, 0.1) is 0 Å². The van der Waals surface area contributed by atoms with Crippen LogP contribution in [0.2, 0.25) is 0 Å². The zero-order valence-corrected chi connectivity index (χ0v) is 11.4. The maximum Gasteiger partial charge on any atom is 0.677 e. The average molecular weight is 236 g/mol. The summed E-state index contributed by atoms with van der Waals surface area (Å²) in [6.45, 7) is 10.6. The minimum atomic E-state index is -3.38. The summed E-state index contributed by atoms with van der Waals surface area (Å²) >= 11 is 0. The van der Waals surface area contributed by atoms with Gasteiger partial charge in [-0.25, -0.2) is 0 Å². The third-order valence-corrected chi connectivity index (χ3v) is 3.81. The Morgan fingerprint density at radius 3 is 1.87 bits per heavy atom. The molecule has 0 saturated carbocycles. The molecule has 0 aromatic heterocycles. The molecule has 0 rings (SSSR count). The van der Waals surface area contributed by atoms with Crippen molar-refractivity contribution in [3.8, 4) is 0 Å². The van der Waals surface area contributed by atoms with Gasteiger partial charge in [-0.1, -0.05) is 13.8 Å². The second-order valence-electron chi connectivity index (χ2n) is 3.95. The van der Waals surface area contributed by atoms with Gasteiger partial charge in [0.2, 0.25) is 0 Å². The van der Waals surface area contributed by atoms with E-state index in [0.717, 1.165) is 6.42 Å². The molecule has 0 bridgehead atoms. The molecule has 0 aliphatic heterocycles. The SMILES string of the molecule is CCO[Si](O)(OCC)OC(C)CC(C)C. The lowest BCUT2D eigenvalue weighted by Gasteiger charge is -2.26. The van der Waals surface area contributed by atoms with Gasteiger partial charge in [0, 0.05) is 19.3 Å². The molecule has 1 atom stereocenters. The van der Waals surface area contributed by atoms with Crippen LogP contribution in [0.15, 0.2) is 0 Å². The van der Waals surface area contributed by atoms with E-state index in [1.165, 1.54) is 0 Å². The van der Waals surface area contributed by atoms with Crippen LogP contribution in [0.3, 0.4) is 0 Å². The first kappa shape index (κ1) is 15.1. The highest BCUT2D eigenvalue weighted by atomic mass is 28.4. The van der Waals surface area contributed by atoms with Crippen molar-refractivity contribution in [1.82, 2.24) is 0 Å². The molecule has 0 amide bonds. The lowest BCUT2D eigenvalue weighted by Crippen LogP contribution is -2.48. The first-order chi connectivity index (χ1) is 6.93. The van der Waals surface area contributed by atoms with E-state index in [1.54, 1.807) is 0 Å². The van der Waals surface area contributed by atoms with Gasteiger partial charge in [-0.05, 0) is 33.1 Å². The van der Waals surface area contributed by atoms with Crippen molar-refractivity contribution in [2.45, 2.75) is 47.1 Å². The molecule has 0 fully saturated rings. The Balaban J connectivity index is 4.14. The zero-order chi connectivity index (χ0) is 11.9. The highest BCUT2D eigenvalue weighted by Gasteiger charge is 2.42. The second kappa shape index (κ2) is 7.35. The van der Waals surface area contributed by atoms with Crippen LogP contribution in [0, 0.1) is 5.92 Å². The van der Waals surface area contributed by atoms with Crippen LogP contribution in [0.25, 0.3) is 0 Å². The fourth-order valence-electron chi connectivity index (χ4n) is 1.44. The van der Waals surface area contributed by atoms with E-state index in [0.29, 0.717) is 19.1 Å². The summed E-state index contributed by atoms with van der Waals surface area (Å²) in [5.74, 6) is 0.529. The van der Waals surface area contributed by atoms with Crippen LogP contribution in [-0.4, -0.2) is 33.2 Å². The quantitative estimate of drug-likeness (QED) is 0.654. The molecule has 0 aliphatic rings. The van der Waals surface area contributed by atoms with Gasteiger partial charge in [-0.2, -0.15) is 0 Å². The minimum absolute atomic E-state index is 0.0419. The molecule has 0 radical (unpaired) electrons. The lowest BCUT2D eigenvalue weighted by atomic mass is 10.1. The van der Waals surface area contributed by atoms with Crippen LogP contribution in [0.1, 0.15) is 41.0 Å². The van der Waals surface area contributed by atoms with Crippen LogP contribution >= 0.6 is 0 Å². The molecule has 4 nitrogen and oxygen atoms in total. The summed E-state index contributed by atoms with van der Waals surface area (Å²) < 4.78 is 15.8. The summed E-state index contributed by atoms with van der Waals surface area (Å²) in [7, 11) is -3.38. The predicted octanol–water partition coefficient (Wildman–Crippen LogP) is 1.94. The molecule has 15 heavy (non-hydrogen) atoms. The van der Waals surface area contributed by atoms with Crippen LogP contribution < -0.4 is 0 Å². The molecule has 92 valence electrons. The highest BCUT2D eigenvalue weighted by Crippen LogP contribution is 2.14. The Bertz CT molecular complexity index is 158. The summed E-state index contributed by atoms with van der Waals surface area (Å²) in [6.07, 6.45) is 0.843. The van der Waals surface area contributed by atoms with Crippen molar-refractivity contribution in [1.29, 1.82) is 0 Å². The number of hydrogen-bond acceptors (Lipinski definition) is 4. The van der Waals surface area contributed by atoms with Crippen molar-refractivity contribution in [2.75, 3.05) is 13.2 Å². The van der Waals surface area contributed by atoms with E-state index in [1.807, 2.05) is 20.8 Å². The second-order valence-corrected chi connectivity index (χ2v) is 5.81. The van der Waals surface area contributed by atoms with Gasteiger partial charge in [0.1, 0.15) is 0 Å². The smallest absolute Gasteiger partial charge is 0.367 e. The van der Waals surface area contributed by atoms with Crippen LogP contribution in [-0.2, 0) is 13.3 Å². The van der Waals surface area contributed by atoms with Gasteiger partial charge in [-0.3, -0.25) is 0 Å². The molecule has 0 heterocycles. The minimum Gasteiger partial charge on any atom is -0.367 e. The molecule has 0 spiro atoms. The van der Waals surface area contributed by atoms with Gasteiger partial charge >= 0.3 is 9.05 Å². The van der Waals surface area contributed by atoms with E-state index >= 15 is 0 Å². The molecule has 1 N–H and O–H groups in total. The van der Waals surface area contributed by atoms with Crippen molar-refractivity contribution in [3.63, 3.8) is 0 Å². The molecular formula is C10H24O4Si. The Labute approximate surface area is 94.0 Å². The van der Waals surface area contributed by atoms with E-state index in [9.17, 15) is 4.80 Å². The molecule has 5 heteroatoms. The van der Waals surface area contributed by atoms with E-state index < -0.39 is 9.05 Å². The van der Waals surface area contributed by atoms with Gasteiger partial charge in [-0.15, -0.1) is 0 Å². The van der Waals surface area contributed by atoms with E-state index in [4.69, 9.17) is 13.3 Å². The normalized spacial score (nSPS) is 14.6. The Hall–Kier alpha value is 0.0569. The Morgan fingerprint density at radius 1 is 1.07 bits per heavy atom. The monoisotopic (exact) mass is 236 g/mol. The third-order valence-electron chi connectivity index (χ3n) is 1.81. The van der Waals surface area contributed by atoms with Gasteiger partial charge in [0.25, 0.3) is 0 Å². The molecule has 0 saturated heterocycles. The Kier molecular flexibility index (Phi) is 7.38. The van der Waals surface area contributed by atoms with Crippen molar-refractivity contribution < 1.29 is 18.1 Å². The summed E-state index contributed by atoms with van der Waals surface area (Å²) in [4.78, 5) is 9.97. The first-order valence-electron chi connectivity index (χ1n) is 5.61. The molecule has 0 aliphatic carbocycles. The first-order valence-corrected chi connectivity index (χ1v) is 7.28. The standard InChI is InChI=1S/C10H24O4Si/c1-6-12-15(11,13-7-2)14-10(5)8-9(3)4/h9-11H,6-8H2,1-5H3. The van der Waals surface area contributed by atoms with Gasteiger partial charge < -0.3 is 18.1 Å². The predicted molar refractivity (Wildman–Crippen MR) is 61.2 cm³/mol. The topological polar surface area (TPSA) is 47.9 Å². The maximum absolute atomic E-state index is 9.97. The molecule has 0 aromatic carbocycles. The fraction of sp³-hybridized carbons (Fsp3) is 1.00. The lowest BCUT2D eigenvalue weighted by molar-refractivity contribution is -0.0280. The Morgan fingerprint density at radius 2 is 1.53 bits per heavy atom. The van der Waals surface area contributed by atoms with Crippen LogP contribution in [0.4, 0.5) is 0 Å². The van der Waals surface area contributed by atoms with Gasteiger partial charge in [0.15, 0.2) is 0 Å². The molecular weight excluding hydrogens is 212 g/mol. The van der Waals surface area contributed by atoms with Crippen LogP contribution in [0.5, 0.6) is 0 Å². The van der Waals surface area contributed by atoms with Crippen molar-refractivity contribution >= 4 is 9.05 Å². The van der Waals surface area contributed by atoms with E-state index in [-0.39, 0.29) is 6.10 Å². The number of rotatable bonds is 8. The zero-order valence-electron chi connectivity index (χ0n) is 10.4.